The summed E-state index contributed by atoms with van der Waals surface area (Å²) in [4.78, 5) is 11.4. The molecular weight excluding hydrogens is 214 g/mol. The summed E-state index contributed by atoms with van der Waals surface area (Å²) in [6.45, 7) is 9.88. The summed E-state index contributed by atoms with van der Waals surface area (Å²) in [6, 6.07) is 0. The van der Waals surface area contributed by atoms with E-state index in [2.05, 4.69) is 5.32 Å². The Kier molecular flexibility index (Phi) is 7.03. The number of rotatable bonds is 4. The SMILES string of the molecule is C\C=C/C=C(\C=C/C)CNC(=O)OC(C)(C)C. The second-order valence-electron chi connectivity index (χ2n) is 4.62. The third-order valence-electron chi connectivity index (χ3n) is 1.72. The van der Waals surface area contributed by atoms with Crippen molar-refractivity contribution in [1.29, 1.82) is 0 Å². The van der Waals surface area contributed by atoms with Crippen LogP contribution in [0.2, 0.25) is 0 Å². The van der Waals surface area contributed by atoms with Crippen LogP contribution >= 0.6 is 0 Å². The van der Waals surface area contributed by atoms with Crippen molar-refractivity contribution >= 4 is 6.09 Å². The zero-order chi connectivity index (χ0) is 13.3. The molecule has 0 aliphatic heterocycles. The number of hydrogen-bond donors (Lipinski definition) is 1. The van der Waals surface area contributed by atoms with E-state index in [-0.39, 0.29) is 0 Å². The molecule has 0 unspecified atom stereocenters. The molecule has 1 amide bonds. The zero-order valence-corrected chi connectivity index (χ0v) is 11.4. The van der Waals surface area contributed by atoms with E-state index >= 15 is 0 Å². The summed E-state index contributed by atoms with van der Waals surface area (Å²) in [5.74, 6) is 0. The molecule has 0 saturated heterocycles. The maximum atomic E-state index is 11.4. The molecule has 3 heteroatoms. The van der Waals surface area contributed by atoms with Gasteiger partial charge in [-0.15, -0.1) is 0 Å². The van der Waals surface area contributed by atoms with Crippen molar-refractivity contribution in [3.05, 3.63) is 36.0 Å². The normalized spacial score (nSPS) is 13.4. The van der Waals surface area contributed by atoms with E-state index in [0.717, 1.165) is 5.57 Å². The van der Waals surface area contributed by atoms with Crippen molar-refractivity contribution in [2.45, 2.75) is 40.2 Å². The first-order chi connectivity index (χ1) is 7.89. The fourth-order valence-corrected chi connectivity index (χ4v) is 1.10. The summed E-state index contributed by atoms with van der Waals surface area (Å²) in [7, 11) is 0. The quantitative estimate of drug-likeness (QED) is 0.759. The van der Waals surface area contributed by atoms with E-state index in [9.17, 15) is 4.79 Å². The van der Waals surface area contributed by atoms with E-state index in [4.69, 9.17) is 4.74 Å². The Balaban J connectivity index is 4.27. The monoisotopic (exact) mass is 237 g/mol. The van der Waals surface area contributed by atoms with Gasteiger partial charge in [0.2, 0.25) is 0 Å². The highest BCUT2D eigenvalue weighted by atomic mass is 16.6. The van der Waals surface area contributed by atoms with Crippen LogP contribution in [0, 0.1) is 0 Å². The lowest BCUT2D eigenvalue weighted by atomic mass is 10.2. The molecule has 0 aromatic carbocycles. The van der Waals surface area contributed by atoms with Gasteiger partial charge in [0.05, 0.1) is 0 Å². The molecule has 0 heterocycles. The first-order valence-corrected chi connectivity index (χ1v) is 5.80. The minimum absolute atomic E-state index is 0.395. The molecule has 0 aromatic heterocycles. The van der Waals surface area contributed by atoms with Gasteiger partial charge in [0.25, 0.3) is 0 Å². The van der Waals surface area contributed by atoms with Gasteiger partial charge in [0.15, 0.2) is 0 Å². The summed E-state index contributed by atoms with van der Waals surface area (Å²) >= 11 is 0. The lowest BCUT2D eigenvalue weighted by Gasteiger charge is -2.19. The summed E-state index contributed by atoms with van der Waals surface area (Å²) in [5.41, 5.74) is 0.564. The third kappa shape index (κ3) is 9.42. The minimum Gasteiger partial charge on any atom is -0.444 e. The van der Waals surface area contributed by atoms with Crippen LogP contribution < -0.4 is 5.32 Å². The minimum atomic E-state index is -0.460. The topological polar surface area (TPSA) is 38.3 Å². The molecule has 0 rings (SSSR count). The Labute approximate surface area is 104 Å². The number of carbonyl (C=O) groups is 1. The van der Waals surface area contributed by atoms with E-state index in [0.29, 0.717) is 6.54 Å². The Morgan fingerprint density at radius 2 is 1.88 bits per heavy atom. The number of nitrogens with one attached hydrogen (secondary N) is 1. The number of alkyl carbamates (subject to hydrolysis) is 1. The molecular formula is C14H23NO2. The van der Waals surface area contributed by atoms with Crippen molar-refractivity contribution in [2.24, 2.45) is 0 Å². The Morgan fingerprint density at radius 1 is 1.24 bits per heavy atom. The standard InChI is InChI=1S/C14H23NO2/c1-6-8-10-12(9-7-2)11-15-13(16)17-14(3,4)5/h6-10H,11H2,1-5H3,(H,15,16)/b8-6-,9-7-,12-10+. The van der Waals surface area contributed by atoms with Crippen molar-refractivity contribution < 1.29 is 9.53 Å². The van der Waals surface area contributed by atoms with Gasteiger partial charge >= 0.3 is 6.09 Å². The summed E-state index contributed by atoms with van der Waals surface area (Å²) < 4.78 is 5.15. The van der Waals surface area contributed by atoms with Gasteiger partial charge in [-0.1, -0.05) is 30.4 Å². The van der Waals surface area contributed by atoms with Gasteiger partial charge in [0, 0.05) is 6.54 Å². The Morgan fingerprint density at radius 3 is 2.35 bits per heavy atom. The van der Waals surface area contributed by atoms with Crippen LogP contribution in [0.4, 0.5) is 4.79 Å². The second-order valence-corrected chi connectivity index (χ2v) is 4.62. The molecule has 0 bridgehead atoms. The summed E-state index contributed by atoms with van der Waals surface area (Å²) in [5, 5.41) is 2.72. The fraction of sp³-hybridized carbons (Fsp3) is 0.500. The number of carbonyl (C=O) groups excluding carboxylic acids is 1. The maximum Gasteiger partial charge on any atom is 0.407 e. The van der Waals surface area contributed by atoms with Crippen molar-refractivity contribution in [1.82, 2.24) is 5.32 Å². The van der Waals surface area contributed by atoms with Gasteiger partial charge < -0.3 is 10.1 Å². The molecule has 0 aliphatic rings. The van der Waals surface area contributed by atoms with Gasteiger partial charge in [0.1, 0.15) is 5.60 Å². The highest BCUT2D eigenvalue weighted by molar-refractivity contribution is 5.68. The molecule has 0 aliphatic carbocycles. The molecule has 3 nitrogen and oxygen atoms in total. The maximum absolute atomic E-state index is 11.4. The molecule has 0 fully saturated rings. The van der Waals surface area contributed by atoms with Gasteiger partial charge in [-0.2, -0.15) is 0 Å². The highest BCUT2D eigenvalue weighted by Gasteiger charge is 2.15. The Bertz CT molecular complexity index is 320. The number of amides is 1. The second kappa shape index (κ2) is 7.71. The lowest BCUT2D eigenvalue weighted by molar-refractivity contribution is 0.0533. The molecule has 0 radical (unpaired) electrons. The first-order valence-electron chi connectivity index (χ1n) is 5.80. The van der Waals surface area contributed by atoms with Gasteiger partial charge in [-0.05, 0) is 40.2 Å². The van der Waals surface area contributed by atoms with Crippen LogP contribution in [0.3, 0.4) is 0 Å². The Hall–Kier alpha value is -1.51. The molecule has 17 heavy (non-hydrogen) atoms. The average molecular weight is 237 g/mol. The van der Waals surface area contributed by atoms with Crippen molar-refractivity contribution in [2.75, 3.05) is 6.54 Å². The van der Waals surface area contributed by atoms with E-state index < -0.39 is 11.7 Å². The predicted molar refractivity (Wildman–Crippen MR) is 71.9 cm³/mol. The number of allylic oxidation sites excluding steroid dienone is 4. The number of hydrogen-bond acceptors (Lipinski definition) is 2. The average Bonchev–Trinajstić information content (AvgIpc) is 2.19. The smallest absolute Gasteiger partial charge is 0.407 e. The van der Waals surface area contributed by atoms with Crippen molar-refractivity contribution in [3.8, 4) is 0 Å². The summed E-state index contributed by atoms with van der Waals surface area (Å²) in [6.07, 6.45) is 9.33. The largest absolute Gasteiger partial charge is 0.444 e. The number of ether oxygens (including phenoxy) is 1. The van der Waals surface area contributed by atoms with E-state index in [1.807, 2.05) is 65.0 Å². The predicted octanol–water partition coefficient (Wildman–Crippen LogP) is 3.59. The molecule has 0 atom stereocenters. The fourth-order valence-electron chi connectivity index (χ4n) is 1.10. The van der Waals surface area contributed by atoms with E-state index in [1.165, 1.54) is 0 Å². The van der Waals surface area contributed by atoms with Crippen LogP contribution in [-0.4, -0.2) is 18.2 Å². The van der Waals surface area contributed by atoms with Crippen LogP contribution in [-0.2, 0) is 4.74 Å². The van der Waals surface area contributed by atoms with Crippen LogP contribution in [0.1, 0.15) is 34.6 Å². The molecule has 0 saturated carbocycles. The first kappa shape index (κ1) is 15.5. The van der Waals surface area contributed by atoms with Crippen LogP contribution in [0.15, 0.2) is 36.0 Å². The van der Waals surface area contributed by atoms with Crippen LogP contribution in [0.25, 0.3) is 0 Å². The molecule has 0 aromatic rings. The van der Waals surface area contributed by atoms with Gasteiger partial charge in [-0.3, -0.25) is 0 Å². The van der Waals surface area contributed by atoms with E-state index in [1.54, 1.807) is 0 Å². The van der Waals surface area contributed by atoms with Crippen LogP contribution in [0.5, 0.6) is 0 Å². The molecule has 0 spiro atoms. The third-order valence-corrected chi connectivity index (χ3v) is 1.72. The van der Waals surface area contributed by atoms with Gasteiger partial charge in [-0.25, -0.2) is 4.79 Å². The van der Waals surface area contributed by atoms with Crippen molar-refractivity contribution in [3.63, 3.8) is 0 Å². The highest BCUT2D eigenvalue weighted by Crippen LogP contribution is 2.06. The molecule has 96 valence electrons. The lowest BCUT2D eigenvalue weighted by Crippen LogP contribution is -2.33. The molecule has 1 N–H and O–H groups in total. The zero-order valence-electron chi connectivity index (χ0n) is 11.4.